The van der Waals surface area contributed by atoms with Gasteiger partial charge in [-0.3, -0.25) is 9.69 Å². The molecule has 7 nitrogen and oxygen atoms in total. The van der Waals surface area contributed by atoms with Crippen molar-refractivity contribution in [2.75, 3.05) is 30.2 Å². The molecule has 0 aromatic heterocycles. The van der Waals surface area contributed by atoms with E-state index in [1.54, 1.807) is 4.90 Å². The molecule has 27 heavy (non-hydrogen) atoms. The summed E-state index contributed by atoms with van der Waals surface area (Å²) >= 11 is 0. The van der Waals surface area contributed by atoms with E-state index in [0.29, 0.717) is 5.69 Å². The number of fused-ring (bicyclic) bond motifs is 1. The molecule has 0 radical (unpaired) electrons. The molecule has 1 aromatic carbocycles. The number of carbonyl (C=O) groups excluding carboxylic acids is 2. The van der Waals surface area contributed by atoms with Crippen LogP contribution in [0.5, 0.6) is 0 Å². The van der Waals surface area contributed by atoms with Gasteiger partial charge in [-0.15, -0.1) is 0 Å². The van der Waals surface area contributed by atoms with Crippen LogP contribution in [-0.2, 0) is 20.7 Å². The van der Waals surface area contributed by atoms with Crippen molar-refractivity contribution in [2.24, 2.45) is 5.92 Å². The van der Waals surface area contributed by atoms with E-state index < -0.39 is 0 Å². The summed E-state index contributed by atoms with van der Waals surface area (Å²) in [6.07, 6.45) is 4.89. The summed E-state index contributed by atoms with van der Waals surface area (Å²) < 4.78 is 9.84. The number of carbonyl (C=O) groups is 2. The molecule has 0 bridgehead atoms. The third-order valence-electron chi connectivity index (χ3n) is 5.78. The third-order valence-corrected chi connectivity index (χ3v) is 5.78. The van der Waals surface area contributed by atoms with Crippen molar-refractivity contribution in [3.8, 4) is 0 Å². The smallest absolute Gasteiger partial charge is 0.414 e. The number of benzene rings is 1. The Kier molecular flexibility index (Phi) is 5.77. The van der Waals surface area contributed by atoms with Gasteiger partial charge in [0.05, 0.1) is 37.2 Å². The number of hydrogen-bond acceptors (Lipinski definition) is 6. The zero-order chi connectivity index (χ0) is 19.6. The molecular formula is C20H29N3O4. The van der Waals surface area contributed by atoms with Gasteiger partial charge in [-0.05, 0) is 51.2 Å². The van der Waals surface area contributed by atoms with Crippen LogP contribution < -0.4 is 16.0 Å². The minimum Gasteiger partial charge on any atom is -0.469 e. The number of anilines is 3. The Hall–Kier alpha value is -2.44. The van der Waals surface area contributed by atoms with Crippen molar-refractivity contribution >= 4 is 29.1 Å². The predicted octanol–water partition coefficient (Wildman–Crippen LogP) is 3.32. The summed E-state index contributed by atoms with van der Waals surface area (Å²) in [5, 5.41) is 3.51. The van der Waals surface area contributed by atoms with Crippen molar-refractivity contribution < 1.29 is 19.1 Å². The summed E-state index contributed by atoms with van der Waals surface area (Å²) in [6, 6.07) is 4.11. The molecule has 1 fully saturated rings. The van der Waals surface area contributed by atoms with Gasteiger partial charge in [-0.1, -0.05) is 6.42 Å². The molecule has 0 spiro atoms. The lowest BCUT2D eigenvalue weighted by atomic mass is 9.85. The molecule has 1 amide bonds. The normalized spacial score (nSPS) is 24.7. The van der Waals surface area contributed by atoms with E-state index in [2.05, 4.69) is 5.32 Å². The standard InChI is InChI=1S/C20H29N3O4/c1-12-7-8-15-17(23(12)20(25)27-3)10-9-16(18(15)21)22-14-6-4-5-13(11-14)19(24)26-2/h9-10,12-14,22H,4-8,11,21H2,1-3H3/t12-,13-,14+/m0/s1. The molecule has 1 aliphatic heterocycles. The molecule has 1 saturated carbocycles. The first-order valence-corrected chi connectivity index (χ1v) is 9.59. The van der Waals surface area contributed by atoms with Crippen LogP contribution in [0.2, 0.25) is 0 Å². The van der Waals surface area contributed by atoms with E-state index in [-0.39, 0.29) is 30.1 Å². The molecule has 0 saturated heterocycles. The third kappa shape index (κ3) is 3.82. The zero-order valence-electron chi connectivity index (χ0n) is 16.3. The highest BCUT2D eigenvalue weighted by atomic mass is 16.5. The largest absolute Gasteiger partial charge is 0.469 e. The Morgan fingerprint density at radius 3 is 2.67 bits per heavy atom. The fourth-order valence-electron chi connectivity index (χ4n) is 4.29. The van der Waals surface area contributed by atoms with Crippen LogP contribution in [0.4, 0.5) is 21.9 Å². The second-order valence-electron chi connectivity index (χ2n) is 7.48. The Labute approximate surface area is 160 Å². The molecule has 2 aliphatic rings. The van der Waals surface area contributed by atoms with Gasteiger partial charge in [0.15, 0.2) is 0 Å². The number of nitrogens with zero attached hydrogens (tertiary/aromatic N) is 1. The summed E-state index contributed by atoms with van der Waals surface area (Å²) in [5.74, 6) is -0.196. The molecule has 7 heteroatoms. The summed E-state index contributed by atoms with van der Waals surface area (Å²) in [6.45, 7) is 2.01. The predicted molar refractivity (Wildman–Crippen MR) is 105 cm³/mol. The maximum atomic E-state index is 12.2. The lowest BCUT2D eigenvalue weighted by Gasteiger charge is -2.36. The van der Waals surface area contributed by atoms with Crippen LogP contribution in [0.1, 0.15) is 44.6 Å². The first-order chi connectivity index (χ1) is 13.0. The van der Waals surface area contributed by atoms with E-state index in [0.717, 1.165) is 55.5 Å². The Morgan fingerprint density at radius 2 is 1.96 bits per heavy atom. The fourth-order valence-corrected chi connectivity index (χ4v) is 4.29. The Balaban J connectivity index is 1.80. The monoisotopic (exact) mass is 375 g/mol. The number of esters is 1. The summed E-state index contributed by atoms with van der Waals surface area (Å²) in [5.41, 5.74) is 9.79. The van der Waals surface area contributed by atoms with Gasteiger partial charge in [-0.25, -0.2) is 4.79 Å². The number of nitrogen functional groups attached to an aromatic ring is 1. The van der Waals surface area contributed by atoms with Crippen molar-refractivity contribution in [3.05, 3.63) is 17.7 Å². The average molecular weight is 375 g/mol. The lowest BCUT2D eigenvalue weighted by molar-refractivity contribution is -0.146. The topological polar surface area (TPSA) is 93.9 Å². The molecule has 1 aliphatic carbocycles. The maximum absolute atomic E-state index is 12.2. The van der Waals surface area contributed by atoms with Crippen molar-refractivity contribution in [1.29, 1.82) is 0 Å². The van der Waals surface area contributed by atoms with Crippen LogP contribution in [0, 0.1) is 5.92 Å². The van der Waals surface area contributed by atoms with E-state index in [1.165, 1.54) is 14.2 Å². The minimum atomic E-state index is -0.364. The number of nitrogens with one attached hydrogen (secondary N) is 1. The first-order valence-electron chi connectivity index (χ1n) is 9.59. The second-order valence-corrected chi connectivity index (χ2v) is 7.48. The minimum absolute atomic E-state index is 0.0595. The van der Waals surface area contributed by atoms with E-state index in [4.69, 9.17) is 15.2 Å². The average Bonchev–Trinajstić information content (AvgIpc) is 2.69. The van der Waals surface area contributed by atoms with E-state index in [1.807, 2.05) is 19.1 Å². The molecule has 1 aromatic rings. The maximum Gasteiger partial charge on any atom is 0.414 e. The van der Waals surface area contributed by atoms with Crippen molar-refractivity contribution in [1.82, 2.24) is 0 Å². The van der Waals surface area contributed by atoms with Crippen molar-refractivity contribution in [3.63, 3.8) is 0 Å². The highest BCUT2D eigenvalue weighted by molar-refractivity contribution is 5.93. The quantitative estimate of drug-likeness (QED) is 0.622. The SMILES string of the molecule is COC(=O)[C@H]1CCC[C@@H](Nc2ccc3c(c2N)CC[C@H](C)N3C(=O)OC)C1. The Morgan fingerprint density at radius 1 is 1.19 bits per heavy atom. The van der Waals surface area contributed by atoms with E-state index in [9.17, 15) is 9.59 Å². The molecular weight excluding hydrogens is 346 g/mol. The molecule has 3 N–H and O–H groups in total. The number of methoxy groups -OCH3 is 2. The van der Waals surface area contributed by atoms with Crippen LogP contribution in [0.3, 0.4) is 0 Å². The molecule has 148 valence electrons. The summed E-state index contributed by atoms with van der Waals surface area (Å²) in [7, 11) is 2.83. The van der Waals surface area contributed by atoms with Gasteiger partial charge in [0.1, 0.15) is 0 Å². The van der Waals surface area contributed by atoms with Crippen LogP contribution in [0.25, 0.3) is 0 Å². The second kappa shape index (κ2) is 8.06. The molecule has 0 unspecified atom stereocenters. The fraction of sp³-hybridized carbons (Fsp3) is 0.600. The van der Waals surface area contributed by atoms with Crippen LogP contribution >= 0.6 is 0 Å². The van der Waals surface area contributed by atoms with Gasteiger partial charge in [0.25, 0.3) is 0 Å². The number of nitrogens with two attached hydrogens (primary N) is 1. The molecule has 1 heterocycles. The number of rotatable bonds is 3. The number of amides is 1. The molecule has 3 atom stereocenters. The number of ether oxygens (including phenoxy) is 2. The first kappa shape index (κ1) is 19.3. The van der Waals surface area contributed by atoms with Gasteiger partial charge >= 0.3 is 12.1 Å². The van der Waals surface area contributed by atoms with Gasteiger partial charge < -0.3 is 20.5 Å². The highest BCUT2D eigenvalue weighted by Gasteiger charge is 2.32. The summed E-state index contributed by atoms with van der Waals surface area (Å²) in [4.78, 5) is 25.7. The van der Waals surface area contributed by atoms with Gasteiger partial charge in [0, 0.05) is 17.6 Å². The number of hydrogen-bond donors (Lipinski definition) is 2. The van der Waals surface area contributed by atoms with Gasteiger partial charge in [0.2, 0.25) is 0 Å². The Bertz CT molecular complexity index is 721. The van der Waals surface area contributed by atoms with Crippen LogP contribution in [0.15, 0.2) is 12.1 Å². The highest BCUT2D eigenvalue weighted by Crippen LogP contribution is 2.39. The zero-order valence-corrected chi connectivity index (χ0v) is 16.3. The van der Waals surface area contributed by atoms with Gasteiger partial charge in [-0.2, -0.15) is 0 Å². The molecule has 3 rings (SSSR count). The van der Waals surface area contributed by atoms with E-state index >= 15 is 0 Å². The lowest BCUT2D eigenvalue weighted by Crippen LogP contribution is -2.42. The van der Waals surface area contributed by atoms with Crippen molar-refractivity contribution in [2.45, 2.75) is 57.5 Å². The van der Waals surface area contributed by atoms with Crippen LogP contribution in [-0.4, -0.2) is 38.4 Å².